The van der Waals surface area contributed by atoms with Crippen LogP contribution in [-0.4, -0.2) is 6.10 Å². The van der Waals surface area contributed by atoms with Crippen LogP contribution in [0.1, 0.15) is 32.6 Å². The maximum Gasteiger partial charge on any atom is 0.0793 e. The van der Waals surface area contributed by atoms with Crippen molar-refractivity contribution in [2.24, 2.45) is 5.92 Å². The highest BCUT2D eigenvalue weighted by Gasteiger charge is 2.18. The van der Waals surface area contributed by atoms with Gasteiger partial charge < -0.3 is 0 Å². The lowest BCUT2D eigenvalue weighted by Crippen LogP contribution is -2.17. The van der Waals surface area contributed by atoms with E-state index in [2.05, 4.69) is 6.92 Å². The van der Waals surface area contributed by atoms with Gasteiger partial charge in [-0.15, -0.1) is 0 Å². The standard InChI is InChI=1S/C7H13ClO/c1-6-3-2-4-7(5-6)9-8/h6-7H,2-5H2,1H3. The van der Waals surface area contributed by atoms with E-state index in [0.717, 1.165) is 18.8 Å². The SMILES string of the molecule is CC1CCCC(OCl)C1. The van der Waals surface area contributed by atoms with Gasteiger partial charge in [-0.3, -0.25) is 4.29 Å². The molecule has 0 bridgehead atoms. The van der Waals surface area contributed by atoms with E-state index in [1.807, 2.05) is 0 Å². The molecule has 2 unspecified atom stereocenters. The van der Waals surface area contributed by atoms with Crippen molar-refractivity contribution in [3.63, 3.8) is 0 Å². The van der Waals surface area contributed by atoms with Gasteiger partial charge >= 0.3 is 0 Å². The van der Waals surface area contributed by atoms with E-state index >= 15 is 0 Å². The molecule has 0 aromatic carbocycles. The van der Waals surface area contributed by atoms with Crippen molar-refractivity contribution in [1.29, 1.82) is 0 Å². The van der Waals surface area contributed by atoms with E-state index in [9.17, 15) is 0 Å². The Balaban J connectivity index is 2.23. The Hall–Kier alpha value is 0.250. The van der Waals surface area contributed by atoms with Gasteiger partial charge in [-0.2, -0.15) is 0 Å². The van der Waals surface area contributed by atoms with Crippen molar-refractivity contribution in [2.45, 2.75) is 38.7 Å². The van der Waals surface area contributed by atoms with Crippen LogP contribution in [0.4, 0.5) is 0 Å². The smallest absolute Gasteiger partial charge is 0.0793 e. The topological polar surface area (TPSA) is 9.23 Å². The van der Waals surface area contributed by atoms with Crippen molar-refractivity contribution >= 4 is 11.9 Å². The minimum Gasteiger partial charge on any atom is -0.276 e. The zero-order valence-corrected chi connectivity index (χ0v) is 6.53. The minimum atomic E-state index is 0.329. The first-order valence-electron chi connectivity index (χ1n) is 3.60. The molecule has 0 aromatic rings. The van der Waals surface area contributed by atoms with Crippen LogP contribution in [0, 0.1) is 5.92 Å². The highest BCUT2D eigenvalue weighted by molar-refractivity contribution is 6.07. The summed E-state index contributed by atoms with van der Waals surface area (Å²) in [5, 5.41) is 0. The van der Waals surface area contributed by atoms with Gasteiger partial charge in [0, 0.05) is 0 Å². The maximum absolute atomic E-state index is 5.25. The fourth-order valence-electron chi connectivity index (χ4n) is 1.46. The van der Waals surface area contributed by atoms with Crippen LogP contribution in [0.15, 0.2) is 0 Å². The number of hydrogen-bond donors (Lipinski definition) is 0. The predicted molar refractivity (Wildman–Crippen MR) is 38.4 cm³/mol. The molecule has 0 aromatic heterocycles. The van der Waals surface area contributed by atoms with Crippen LogP contribution in [0.25, 0.3) is 0 Å². The minimum absolute atomic E-state index is 0.329. The molecule has 0 spiro atoms. The molecule has 1 nitrogen and oxygen atoms in total. The van der Waals surface area contributed by atoms with E-state index in [0.29, 0.717) is 6.10 Å². The summed E-state index contributed by atoms with van der Waals surface area (Å²) >= 11 is 5.25. The molecule has 1 aliphatic carbocycles. The average molecular weight is 149 g/mol. The Morgan fingerprint density at radius 3 is 2.67 bits per heavy atom. The maximum atomic E-state index is 5.25. The summed E-state index contributed by atoms with van der Waals surface area (Å²) in [7, 11) is 0. The molecule has 1 fully saturated rings. The molecular formula is C7H13ClO. The second kappa shape index (κ2) is 3.43. The lowest BCUT2D eigenvalue weighted by Gasteiger charge is -2.23. The zero-order chi connectivity index (χ0) is 6.69. The van der Waals surface area contributed by atoms with Crippen LogP contribution < -0.4 is 0 Å². The van der Waals surface area contributed by atoms with Crippen LogP contribution >= 0.6 is 11.9 Å². The van der Waals surface area contributed by atoms with Crippen molar-refractivity contribution in [3.8, 4) is 0 Å². The molecule has 0 aliphatic heterocycles. The third-order valence-corrected chi connectivity index (χ3v) is 2.27. The van der Waals surface area contributed by atoms with Crippen LogP contribution in [0.2, 0.25) is 0 Å². The molecule has 2 atom stereocenters. The van der Waals surface area contributed by atoms with Gasteiger partial charge in [0.1, 0.15) is 0 Å². The summed E-state index contributed by atoms with van der Waals surface area (Å²) in [6.07, 6.45) is 5.24. The molecule has 0 heterocycles. The van der Waals surface area contributed by atoms with Gasteiger partial charge in [0.25, 0.3) is 0 Å². The molecule has 0 radical (unpaired) electrons. The van der Waals surface area contributed by atoms with E-state index in [-0.39, 0.29) is 0 Å². The second-order valence-electron chi connectivity index (χ2n) is 2.98. The Morgan fingerprint density at radius 2 is 2.22 bits per heavy atom. The van der Waals surface area contributed by atoms with Crippen LogP contribution in [0.5, 0.6) is 0 Å². The second-order valence-corrected chi connectivity index (χ2v) is 3.16. The molecule has 0 amide bonds. The normalized spacial score (nSPS) is 36.7. The van der Waals surface area contributed by atoms with Crippen LogP contribution in [0.3, 0.4) is 0 Å². The summed E-state index contributed by atoms with van der Waals surface area (Å²) in [5.74, 6) is 0.808. The van der Waals surface area contributed by atoms with E-state index in [1.165, 1.54) is 12.8 Å². The Morgan fingerprint density at radius 1 is 1.44 bits per heavy atom. The Labute approximate surface area is 61.5 Å². The molecular weight excluding hydrogens is 136 g/mol. The Bertz CT molecular complexity index is 85.0. The van der Waals surface area contributed by atoms with Gasteiger partial charge in [0.15, 0.2) is 0 Å². The largest absolute Gasteiger partial charge is 0.276 e. The van der Waals surface area contributed by atoms with Gasteiger partial charge in [-0.25, -0.2) is 0 Å². The quantitative estimate of drug-likeness (QED) is 0.556. The summed E-state index contributed by atoms with van der Waals surface area (Å²) in [6.45, 7) is 2.25. The molecule has 0 saturated heterocycles. The highest BCUT2D eigenvalue weighted by atomic mass is 35.5. The van der Waals surface area contributed by atoms with Gasteiger partial charge in [-0.05, 0) is 18.8 Å². The van der Waals surface area contributed by atoms with E-state index in [4.69, 9.17) is 16.2 Å². The third-order valence-electron chi connectivity index (χ3n) is 2.01. The summed E-state index contributed by atoms with van der Waals surface area (Å²) in [4.78, 5) is 0. The molecule has 2 heteroatoms. The van der Waals surface area contributed by atoms with Gasteiger partial charge in [0.05, 0.1) is 18.0 Å². The highest BCUT2D eigenvalue weighted by Crippen LogP contribution is 2.25. The van der Waals surface area contributed by atoms with E-state index < -0.39 is 0 Å². The lowest BCUT2D eigenvalue weighted by molar-refractivity contribution is 0.142. The van der Waals surface area contributed by atoms with Crippen molar-refractivity contribution < 1.29 is 4.29 Å². The van der Waals surface area contributed by atoms with Crippen molar-refractivity contribution in [1.82, 2.24) is 0 Å². The zero-order valence-electron chi connectivity index (χ0n) is 5.77. The van der Waals surface area contributed by atoms with E-state index in [1.54, 1.807) is 0 Å². The molecule has 0 N–H and O–H groups in total. The van der Waals surface area contributed by atoms with Gasteiger partial charge in [-0.1, -0.05) is 19.8 Å². The molecule has 1 aliphatic rings. The average Bonchev–Trinajstić information content (AvgIpc) is 1.88. The fourth-order valence-corrected chi connectivity index (χ4v) is 1.62. The molecule has 54 valence electrons. The van der Waals surface area contributed by atoms with Crippen molar-refractivity contribution in [3.05, 3.63) is 0 Å². The first-order valence-corrected chi connectivity index (χ1v) is 3.91. The van der Waals surface area contributed by atoms with Gasteiger partial charge in [0.2, 0.25) is 0 Å². The first-order chi connectivity index (χ1) is 4.33. The summed E-state index contributed by atoms with van der Waals surface area (Å²) in [5.41, 5.74) is 0. The first kappa shape index (κ1) is 7.36. The third kappa shape index (κ3) is 2.15. The number of halogens is 1. The van der Waals surface area contributed by atoms with Crippen molar-refractivity contribution in [2.75, 3.05) is 0 Å². The van der Waals surface area contributed by atoms with Crippen LogP contribution in [-0.2, 0) is 4.29 Å². The summed E-state index contributed by atoms with van der Waals surface area (Å²) < 4.78 is 4.73. The molecule has 1 saturated carbocycles. The number of rotatable bonds is 1. The fraction of sp³-hybridized carbons (Fsp3) is 1.00. The summed E-state index contributed by atoms with van der Waals surface area (Å²) in [6, 6.07) is 0. The monoisotopic (exact) mass is 148 g/mol. The predicted octanol–water partition coefficient (Wildman–Crippen LogP) is 2.74. The molecule has 1 rings (SSSR count). The molecule has 9 heavy (non-hydrogen) atoms. The number of hydrogen-bond acceptors (Lipinski definition) is 1. The Kier molecular flexibility index (Phi) is 2.80. The lowest BCUT2D eigenvalue weighted by atomic mass is 9.89.